The number of fused-ring (bicyclic) bond motifs is 2. The lowest BCUT2D eigenvalue weighted by Crippen LogP contribution is -2.21. The topological polar surface area (TPSA) is 15.8 Å². The van der Waals surface area contributed by atoms with Gasteiger partial charge < -0.3 is 4.98 Å². The second kappa shape index (κ2) is 5.07. The first kappa shape index (κ1) is 12.7. The number of para-hydroxylation sites is 1. The maximum atomic E-state index is 3.46. The molecule has 106 valence electrons. The molecule has 0 unspecified atom stereocenters. The largest absolute Gasteiger partial charge is 0.361 e. The van der Waals surface area contributed by atoms with Crippen LogP contribution in [0.25, 0.3) is 10.9 Å². The number of nitrogens with one attached hydrogen (secondary N) is 1. The second-order valence-electron chi connectivity index (χ2n) is 6.17. The Morgan fingerprint density at radius 3 is 2.71 bits per heavy atom. The molecule has 0 radical (unpaired) electrons. The summed E-state index contributed by atoms with van der Waals surface area (Å²) in [7, 11) is 0. The minimum Gasteiger partial charge on any atom is -0.361 e. The summed E-state index contributed by atoms with van der Waals surface area (Å²) in [5.74, 6) is 1.29. The number of benzene rings is 2. The van der Waals surface area contributed by atoms with Crippen molar-refractivity contribution in [2.24, 2.45) is 5.92 Å². The molecule has 3 aromatic rings. The lowest BCUT2D eigenvalue weighted by atomic mass is 9.71. The van der Waals surface area contributed by atoms with Gasteiger partial charge in [-0.2, -0.15) is 0 Å². The van der Waals surface area contributed by atoms with Crippen LogP contribution in [0.3, 0.4) is 0 Å². The van der Waals surface area contributed by atoms with Crippen LogP contribution in [0.2, 0.25) is 0 Å². The maximum Gasteiger partial charge on any atom is 0.0457 e. The van der Waals surface area contributed by atoms with Crippen LogP contribution < -0.4 is 0 Å². The van der Waals surface area contributed by atoms with Gasteiger partial charge in [0.25, 0.3) is 0 Å². The molecule has 1 nitrogen and oxygen atoms in total. The third-order valence-corrected chi connectivity index (χ3v) is 5.13. The standard InChI is InChI=1S/C20H21N/c1-2-14-11-12-15-7-3-4-8-16(15)20(14)18-13-21-19-10-6-5-9-17(18)19/h3-10,13-14,20-21H,2,11-12H2,1H3/t14-,20+/m1/s1. The van der Waals surface area contributed by atoms with E-state index < -0.39 is 0 Å². The van der Waals surface area contributed by atoms with E-state index in [-0.39, 0.29) is 0 Å². The summed E-state index contributed by atoms with van der Waals surface area (Å²) >= 11 is 0. The Kier molecular flexibility index (Phi) is 3.07. The Balaban J connectivity index is 1.92. The highest BCUT2D eigenvalue weighted by atomic mass is 14.7. The first-order valence-electron chi connectivity index (χ1n) is 8.02. The zero-order chi connectivity index (χ0) is 14.2. The van der Waals surface area contributed by atoms with E-state index in [1.165, 1.54) is 41.3 Å². The van der Waals surface area contributed by atoms with E-state index in [1.807, 2.05) is 0 Å². The second-order valence-corrected chi connectivity index (χ2v) is 6.17. The molecular formula is C20H21N. The predicted molar refractivity (Wildman–Crippen MR) is 88.7 cm³/mol. The zero-order valence-electron chi connectivity index (χ0n) is 12.5. The Morgan fingerprint density at radius 2 is 1.81 bits per heavy atom. The summed E-state index contributed by atoms with van der Waals surface area (Å²) in [4.78, 5) is 3.46. The molecule has 1 N–H and O–H groups in total. The Morgan fingerprint density at radius 1 is 1.00 bits per heavy atom. The van der Waals surface area contributed by atoms with E-state index in [0.717, 1.165) is 5.92 Å². The molecule has 0 amide bonds. The van der Waals surface area contributed by atoms with Crippen LogP contribution >= 0.6 is 0 Å². The third-order valence-electron chi connectivity index (χ3n) is 5.13. The van der Waals surface area contributed by atoms with Gasteiger partial charge in [-0.3, -0.25) is 0 Å². The van der Waals surface area contributed by atoms with Crippen molar-refractivity contribution < 1.29 is 0 Å². The summed E-state index contributed by atoms with van der Waals surface area (Å²) in [6.45, 7) is 2.33. The van der Waals surface area contributed by atoms with Crippen LogP contribution in [-0.4, -0.2) is 4.98 Å². The van der Waals surface area contributed by atoms with Crippen molar-refractivity contribution in [2.75, 3.05) is 0 Å². The fourth-order valence-electron chi connectivity index (χ4n) is 4.04. The molecule has 2 atom stereocenters. The summed E-state index contributed by atoms with van der Waals surface area (Å²) in [6, 6.07) is 17.7. The van der Waals surface area contributed by atoms with Crippen molar-refractivity contribution in [1.82, 2.24) is 4.98 Å². The number of aromatic amines is 1. The third kappa shape index (κ3) is 1.99. The number of aryl methyl sites for hydroxylation is 1. The van der Waals surface area contributed by atoms with Gasteiger partial charge in [0.15, 0.2) is 0 Å². The summed E-state index contributed by atoms with van der Waals surface area (Å²) in [5.41, 5.74) is 5.81. The Bertz CT molecular complexity index is 768. The molecule has 0 saturated heterocycles. The first-order valence-corrected chi connectivity index (χ1v) is 8.02. The highest BCUT2D eigenvalue weighted by Gasteiger charge is 2.30. The number of rotatable bonds is 2. The van der Waals surface area contributed by atoms with E-state index in [1.54, 1.807) is 5.56 Å². The van der Waals surface area contributed by atoms with Gasteiger partial charge in [0.1, 0.15) is 0 Å². The Labute approximate surface area is 126 Å². The Hall–Kier alpha value is -2.02. The van der Waals surface area contributed by atoms with Gasteiger partial charge in [-0.05, 0) is 41.5 Å². The van der Waals surface area contributed by atoms with Crippen LogP contribution in [0.15, 0.2) is 54.7 Å². The quantitative estimate of drug-likeness (QED) is 0.655. The predicted octanol–water partition coefficient (Wildman–Crippen LogP) is 5.27. The van der Waals surface area contributed by atoms with Gasteiger partial charge in [0, 0.05) is 23.0 Å². The van der Waals surface area contributed by atoms with Crippen molar-refractivity contribution in [2.45, 2.75) is 32.1 Å². The zero-order valence-corrected chi connectivity index (χ0v) is 12.5. The van der Waals surface area contributed by atoms with E-state index >= 15 is 0 Å². The number of hydrogen-bond acceptors (Lipinski definition) is 0. The molecule has 1 aromatic heterocycles. The fourth-order valence-corrected chi connectivity index (χ4v) is 4.04. The molecule has 1 heterocycles. The highest BCUT2D eigenvalue weighted by Crippen LogP contribution is 2.44. The molecular weight excluding hydrogens is 254 g/mol. The molecule has 0 bridgehead atoms. The van der Waals surface area contributed by atoms with Crippen LogP contribution in [0.4, 0.5) is 0 Å². The van der Waals surface area contributed by atoms with Gasteiger partial charge in [0.2, 0.25) is 0 Å². The molecule has 0 saturated carbocycles. The normalized spacial score (nSPS) is 21.4. The highest BCUT2D eigenvalue weighted by molar-refractivity contribution is 5.84. The van der Waals surface area contributed by atoms with Gasteiger partial charge in [0.05, 0.1) is 0 Å². The molecule has 1 aliphatic carbocycles. The molecule has 0 aliphatic heterocycles. The van der Waals surface area contributed by atoms with Crippen LogP contribution in [0.1, 0.15) is 42.4 Å². The summed E-state index contributed by atoms with van der Waals surface area (Å²) in [5, 5.41) is 1.39. The summed E-state index contributed by atoms with van der Waals surface area (Å²) < 4.78 is 0. The van der Waals surface area contributed by atoms with E-state index in [0.29, 0.717) is 5.92 Å². The lowest BCUT2D eigenvalue weighted by molar-refractivity contribution is 0.399. The van der Waals surface area contributed by atoms with Crippen molar-refractivity contribution in [3.63, 3.8) is 0 Å². The van der Waals surface area contributed by atoms with E-state index in [2.05, 4.69) is 66.6 Å². The molecule has 0 fully saturated rings. The molecule has 4 rings (SSSR count). The molecule has 21 heavy (non-hydrogen) atoms. The van der Waals surface area contributed by atoms with Gasteiger partial charge in [-0.15, -0.1) is 0 Å². The van der Waals surface area contributed by atoms with Crippen molar-refractivity contribution >= 4 is 10.9 Å². The lowest BCUT2D eigenvalue weighted by Gasteiger charge is -2.33. The first-order chi connectivity index (χ1) is 10.4. The van der Waals surface area contributed by atoms with Gasteiger partial charge >= 0.3 is 0 Å². The molecule has 2 aromatic carbocycles. The van der Waals surface area contributed by atoms with Crippen molar-refractivity contribution in [3.8, 4) is 0 Å². The number of aromatic nitrogens is 1. The van der Waals surface area contributed by atoms with E-state index in [9.17, 15) is 0 Å². The van der Waals surface area contributed by atoms with Gasteiger partial charge in [-0.25, -0.2) is 0 Å². The fraction of sp³-hybridized carbons (Fsp3) is 0.300. The number of H-pyrrole nitrogens is 1. The van der Waals surface area contributed by atoms with Crippen LogP contribution in [0, 0.1) is 5.92 Å². The van der Waals surface area contributed by atoms with Crippen molar-refractivity contribution in [3.05, 3.63) is 71.4 Å². The maximum absolute atomic E-state index is 3.46. The molecule has 1 aliphatic rings. The smallest absolute Gasteiger partial charge is 0.0457 e. The average molecular weight is 275 g/mol. The monoisotopic (exact) mass is 275 g/mol. The average Bonchev–Trinajstić information content (AvgIpc) is 2.97. The van der Waals surface area contributed by atoms with Gasteiger partial charge in [-0.1, -0.05) is 55.8 Å². The minimum absolute atomic E-state index is 0.538. The molecule has 1 heteroatoms. The SMILES string of the molecule is CC[C@@H]1CCc2ccccc2[C@H]1c1c[nH]c2ccccc12. The van der Waals surface area contributed by atoms with Crippen molar-refractivity contribution in [1.29, 1.82) is 0 Å². The van der Waals surface area contributed by atoms with E-state index in [4.69, 9.17) is 0 Å². The van der Waals surface area contributed by atoms with Crippen LogP contribution in [-0.2, 0) is 6.42 Å². The van der Waals surface area contributed by atoms with Crippen LogP contribution in [0.5, 0.6) is 0 Å². The number of hydrogen-bond donors (Lipinski definition) is 1. The molecule has 0 spiro atoms. The summed E-state index contributed by atoms with van der Waals surface area (Å²) in [6.07, 6.45) is 6.02. The minimum atomic E-state index is 0.538.